The van der Waals surface area contributed by atoms with Gasteiger partial charge < -0.3 is 5.32 Å². The van der Waals surface area contributed by atoms with Gasteiger partial charge >= 0.3 is 6.03 Å². The summed E-state index contributed by atoms with van der Waals surface area (Å²) in [6, 6.07) is 9.08. The number of rotatable bonds is 5. The van der Waals surface area contributed by atoms with E-state index in [0.717, 1.165) is 18.4 Å². The molecule has 1 aromatic rings. The summed E-state index contributed by atoms with van der Waals surface area (Å²) in [5.41, 5.74) is 1.06. The molecule has 0 saturated carbocycles. The van der Waals surface area contributed by atoms with E-state index in [4.69, 9.17) is 0 Å². The maximum Gasteiger partial charge on any atom is 0.324 e. The highest BCUT2D eigenvalue weighted by Crippen LogP contribution is 2.12. The first-order valence-electron chi connectivity index (χ1n) is 6.38. The highest BCUT2D eigenvalue weighted by atomic mass is 16.2. The standard InChI is InChI=1S/C14H18N2O2/c1-2-3-9-16-13(17)12(15-14(16)18)10-11-7-5-4-6-8-11/h4-8,12H,2-3,9-10H2,1H3,(H,15,18)/t12-/m1/s1. The van der Waals surface area contributed by atoms with Crippen LogP contribution < -0.4 is 5.32 Å². The molecule has 0 bridgehead atoms. The number of hydrogen-bond donors (Lipinski definition) is 1. The van der Waals surface area contributed by atoms with E-state index in [-0.39, 0.29) is 11.9 Å². The Labute approximate surface area is 107 Å². The minimum atomic E-state index is -0.406. The summed E-state index contributed by atoms with van der Waals surface area (Å²) in [6.07, 6.45) is 2.39. The number of hydrogen-bond acceptors (Lipinski definition) is 2. The second kappa shape index (κ2) is 5.67. The number of nitrogens with zero attached hydrogens (tertiary/aromatic N) is 1. The van der Waals surface area contributed by atoms with E-state index in [1.807, 2.05) is 37.3 Å². The van der Waals surface area contributed by atoms with Crippen molar-refractivity contribution >= 4 is 11.9 Å². The molecule has 1 atom stereocenters. The predicted octanol–water partition coefficient (Wildman–Crippen LogP) is 1.95. The van der Waals surface area contributed by atoms with E-state index < -0.39 is 6.04 Å². The minimum Gasteiger partial charge on any atom is -0.325 e. The normalized spacial score (nSPS) is 19.2. The van der Waals surface area contributed by atoms with Gasteiger partial charge in [-0.1, -0.05) is 43.7 Å². The van der Waals surface area contributed by atoms with Crippen LogP contribution in [-0.2, 0) is 11.2 Å². The van der Waals surface area contributed by atoms with Gasteiger partial charge in [-0.2, -0.15) is 0 Å². The molecule has 0 unspecified atom stereocenters. The second-order valence-corrected chi connectivity index (χ2v) is 4.54. The number of unbranched alkanes of at least 4 members (excludes halogenated alkanes) is 1. The van der Waals surface area contributed by atoms with Crippen molar-refractivity contribution in [2.75, 3.05) is 6.54 Å². The van der Waals surface area contributed by atoms with Crippen molar-refractivity contribution in [1.82, 2.24) is 10.2 Å². The van der Waals surface area contributed by atoms with Crippen LogP contribution in [0.4, 0.5) is 4.79 Å². The molecule has 2 rings (SSSR count). The SMILES string of the molecule is CCCCN1C(=O)N[C@H](Cc2ccccc2)C1=O. The lowest BCUT2D eigenvalue weighted by Gasteiger charge is -2.12. The smallest absolute Gasteiger partial charge is 0.324 e. The van der Waals surface area contributed by atoms with Gasteiger partial charge in [-0.15, -0.1) is 0 Å². The first-order valence-corrected chi connectivity index (χ1v) is 6.38. The fourth-order valence-electron chi connectivity index (χ4n) is 2.09. The molecule has 0 radical (unpaired) electrons. The number of imide groups is 1. The molecule has 1 fully saturated rings. The molecular weight excluding hydrogens is 228 g/mol. The lowest BCUT2D eigenvalue weighted by molar-refractivity contribution is -0.127. The maximum atomic E-state index is 12.1. The highest BCUT2D eigenvalue weighted by molar-refractivity contribution is 6.04. The van der Waals surface area contributed by atoms with Gasteiger partial charge in [-0.05, 0) is 12.0 Å². The van der Waals surface area contributed by atoms with Crippen LogP contribution in [0.2, 0.25) is 0 Å². The molecule has 1 heterocycles. The van der Waals surface area contributed by atoms with Crippen molar-refractivity contribution in [3.63, 3.8) is 0 Å². The molecule has 0 aliphatic carbocycles. The van der Waals surface area contributed by atoms with Crippen LogP contribution >= 0.6 is 0 Å². The molecule has 1 N–H and O–H groups in total. The number of urea groups is 1. The van der Waals surface area contributed by atoms with Gasteiger partial charge in [0.25, 0.3) is 5.91 Å². The summed E-state index contributed by atoms with van der Waals surface area (Å²) in [7, 11) is 0. The average Bonchev–Trinajstić information content (AvgIpc) is 2.64. The third-order valence-electron chi connectivity index (χ3n) is 3.12. The summed E-state index contributed by atoms with van der Waals surface area (Å²) in [6.45, 7) is 2.56. The summed E-state index contributed by atoms with van der Waals surface area (Å²) in [5, 5.41) is 2.75. The van der Waals surface area contributed by atoms with Gasteiger partial charge in [0.05, 0.1) is 0 Å². The molecule has 1 saturated heterocycles. The summed E-state index contributed by atoms with van der Waals surface area (Å²) < 4.78 is 0. The molecule has 1 aliphatic rings. The van der Waals surface area contributed by atoms with Crippen molar-refractivity contribution in [2.45, 2.75) is 32.2 Å². The van der Waals surface area contributed by atoms with E-state index in [9.17, 15) is 9.59 Å². The van der Waals surface area contributed by atoms with Gasteiger partial charge in [-0.25, -0.2) is 4.79 Å². The number of amides is 3. The second-order valence-electron chi connectivity index (χ2n) is 4.54. The van der Waals surface area contributed by atoms with Crippen molar-refractivity contribution in [1.29, 1.82) is 0 Å². The Kier molecular flexibility index (Phi) is 3.97. The largest absolute Gasteiger partial charge is 0.325 e. The first-order chi connectivity index (χ1) is 8.72. The van der Waals surface area contributed by atoms with Gasteiger partial charge in [0.1, 0.15) is 6.04 Å². The van der Waals surface area contributed by atoms with Crippen LogP contribution in [0.1, 0.15) is 25.3 Å². The van der Waals surface area contributed by atoms with E-state index in [0.29, 0.717) is 13.0 Å². The third-order valence-corrected chi connectivity index (χ3v) is 3.12. The Bertz CT molecular complexity index is 431. The Morgan fingerprint density at radius 2 is 1.94 bits per heavy atom. The Morgan fingerprint density at radius 1 is 1.22 bits per heavy atom. The van der Waals surface area contributed by atoms with Crippen molar-refractivity contribution in [3.05, 3.63) is 35.9 Å². The zero-order valence-electron chi connectivity index (χ0n) is 10.6. The van der Waals surface area contributed by atoms with Crippen LogP contribution in [0, 0.1) is 0 Å². The molecule has 0 aromatic heterocycles. The number of nitrogens with one attached hydrogen (secondary N) is 1. The Morgan fingerprint density at radius 3 is 2.61 bits per heavy atom. The fraction of sp³-hybridized carbons (Fsp3) is 0.429. The Hall–Kier alpha value is -1.84. The topological polar surface area (TPSA) is 49.4 Å². The van der Waals surface area contributed by atoms with E-state index in [1.165, 1.54) is 4.90 Å². The monoisotopic (exact) mass is 246 g/mol. The van der Waals surface area contributed by atoms with E-state index in [1.54, 1.807) is 0 Å². The molecule has 18 heavy (non-hydrogen) atoms. The van der Waals surface area contributed by atoms with Crippen molar-refractivity contribution in [3.8, 4) is 0 Å². The van der Waals surface area contributed by atoms with Crippen LogP contribution in [0.3, 0.4) is 0 Å². The number of carbonyl (C=O) groups excluding carboxylic acids is 2. The van der Waals surface area contributed by atoms with Crippen molar-refractivity contribution in [2.24, 2.45) is 0 Å². The minimum absolute atomic E-state index is 0.0997. The zero-order chi connectivity index (χ0) is 13.0. The maximum absolute atomic E-state index is 12.1. The zero-order valence-corrected chi connectivity index (χ0v) is 10.6. The average molecular weight is 246 g/mol. The van der Waals surface area contributed by atoms with Gasteiger partial charge in [0, 0.05) is 13.0 Å². The van der Waals surface area contributed by atoms with Crippen LogP contribution in [0.5, 0.6) is 0 Å². The van der Waals surface area contributed by atoms with Gasteiger partial charge in [0.15, 0.2) is 0 Å². The molecule has 0 spiro atoms. The van der Waals surface area contributed by atoms with Crippen LogP contribution in [0.15, 0.2) is 30.3 Å². The molecule has 3 amide bonds. The summed E-state index contributed by atoms with van der Waals surface area (Å²) >= 11 is 0. The van der Waals surface area contributed by atoms with Gasteiger partial charge in [0.2, 0.25) is 0 Å². The molecule has 4 heteroatoms. The summed E-state index contributed by atoms with van der Waals surface area (Å²) in [5.74, 6) is -0.0997. The first kappa shape index (κ1) is 12.6. The third kappa shape index (κ3) is 2.70. The predicted molar refractivity (Wildman–Crippen MR) is 69.1 cm³/mol. The molecule has 4 nitrogen and oxygen atoms in total. The lowest BCUT2D eigenvalue weighted by atomic mass is 10.1. The summed E-state index contributed by atoms with van der Waals surface area (Å²) in [4.78, 5) is 25.1. The molecule has 1 aliphatic heterocycles. The molecule has 96 valence electrons. The van der Waals surface area contributed by atoms with Gasteiger partial charge in [-0.3, -0.25) is 9.69 Å². The van der Waals surface area contributed by atoms with E-state index >= 15 is 0 Å². The van der Waals surface area contributed by atoms with Crippen molar-refractivity contribution < 1.29 is 9.59 Å². The fourth-order valence-corrected chi connectivity index (χ4v) is 2.09. The Balaban J connectivity index is 1.99. The van der Waals surface area contributed by atoms with Crippen LogP contribution in [0.25, 0.3) is 0 Å². The van der Waals surface area contributed by atoms with E-state index in [2.05, 4.69) is 5.32 Å². The highest BCUT2D eigenvalue weighted by Gasteiger charge is 2.37. The van der Waals surface area contributed by atoms with Crippen LogP contribution in [-0.4, -0.2) is 29.4 Å². The molecular formula is C14H18N2O2. The lowest BCUT2D eigenvalue weighted by Crippen LogP contribution is -2.33. The number of carbonyl (C=O) groups is 2. The molecule has 1 aromatic carbocycles. The quantitative estimate of drug-likeness (QED) is 0.807. The number of benzene rings is 1.